The van der Waals surface area contributed by atoms with E-state index in [1.807, 2.05) is 72.8 Å². The molecule has 508 valence electrons. The van der Waals surface area contributed by atoms with Crippen LogP contribution in [0.15, 0.2) is 170 Å². The van der Waals surface area contributed by atoms with Gasteiger partial charge >= 0.3 is 35.8 Å². The lowest BCUT2D eigenvalue weighted by molar-refractivity contribution is -0.134. The molecule has 2 saturated heterocycles. The highest BCUT2D eigenvalue weighted by molar-refractivity contribution is 5.91. The normalized spacial score (nSPS) is 13.5. The number of likely N-dealkylation sites (tertiary alicyclic amines) is 2. The summed E-state index contributed by atoms with van der Waals surface area (Å²) in [5, 5.41) is 46.9. The number of halogens is 2. The van der Waals surface area contributed by atoms with Crippen molar-refractivity contribution < 1.29 is 87.1 Å². The zero-order valence-electron chi connectivity index (χ0n) is 53.8. The summed E-state index contributed by atoms with van der Waals surface area (Å²) in [7, 11) is 6.85. The van der Waals surface area contributed by atoms with Crippen molar-refractivity contribution in [1.29, 1.82) is 0 Å². The van der Waals surface area contributed by atoms with Gasteiger partial charge in [-0.15, -0.1) is 0 Å². The second kappa shape index (κ2) is 38.5. The van der Waals surface area contributed by atoms with E-state index in [1.54, 1.807) is 28.4 Å². The van der Waals surface area contributed by atoms with Gasteiger partial charge in [0.05, 0.1) is 50.5 Å². The molecule has 0 atom stereocenters. The number of imidazole rings is 2. The topological polar surface area (TPSA) is 303 Å². The van der Waals surface area contributed by atoms with Gasteiger partial charge in [-0.1, -0.05) is 60.7 Å². The van der Waals surface area contributed by atoms with E-state index < -0.39 is 35.8 Å². The number of ether oxygens (including phenoxy) is 4. The van der Waals surface area contributed by atoms with Gasteiger partial charge in [-0.05, 0) is 159 Å². The Hall–Kier alpha value is -10.7. The Kier molecular flexibility index (Phi) is 29.8. The highest BCUT2D eigenvalue weighted by Gasteiger charge is 2.25. The van der Waals surface area contributed by atoms with Gasteiger partial charge in [-0.3, -0.25) is 0 Å². The molecule has 10 rings (SSSR count). The van der Waals surface area contributed by atoms with Crippen LogP contribution >= 0.6 is 0 Å². The van der Waals surface area contributed by atoms with Crippen molar-refractivity contribution in [2.24, 2.45) is 11.8 Å². The first kappa shape index (κ1) is 74.3. The van der Waals surface area contributed by atoms with Crippen molar-refractivity contribution in [3.05, 3.63) is 215 Å². The van der Waals surface area contributed by atoms with Crippen molar-refractivity contribution in [2.75, 3.05) is 67.7 Å². The number of nitrogens with zero attached hydrogens (tertiary/aromatic N) is 6. The van der Waals surface area contributed by atoms with E-state index in [0.717, 1.165) is 158 Å². The third-order valence-corrected chi connectivity index (χ3v) is 15.8. The number of aliphatic carboxylic acids is 6. The van der Waals surface area contributed by atoms with E-state index in [1.165, 1.54) is 35.4 Å². The molecule has 2 aliphatic rings. The highest BCUT2D eigenvalue weighted by Crippen LogP contribution is 2.31. The third-order valence-electron chi connectivity index (χ3n) is 15.8. The predicted octanol–water partition coefficient (Wildman–Crippen LogP) is 10.6. The molecule has 96 heavy (non-hydrogen) atoms. The number of carboxylic acids is 6. The van der Waals surface area contributed by atoms with Crippen LogP contribution < -0.4 is 18.9 Å². The van der Waals surface area contributed by atoms with Gasteiger partial charge in [-0.25, -0.2) is 47.5 Å². The zero-order valence-corrected chi connectivity index (χ0v) is 53.8. The number of piperidine rings is 2. The summed E-state index contributed by atoms with van der Waals surface area (Å²) in [5.41, 5.74) is 8.73. The fraction of sp³-hybridized carbons (Fsp3) is 0.306. The predicted molar refractivity (Wildman–Crippen MR) is 356 cm³/mol. The number of para-hydroxylation sites is 2. The Labute approximate surface area is 554 Å². The minimum Gasteiger partial charge on any atom is -0.497 e. The molecule has 2 aromatic heterocycles. The van der Waals surface area contributed by atoms with Crippen molar-refractivity contribution in [3.63, 3.8) is 0 Å². The highest BCUT2D eigenvalue weighted by atomic mass is 19.1. The van der Waals surface area contributed by atoms with Crippen LogP contribution in [0.5, 0.6) is 23.0 Å². The van der Waals surface area contributed by atoms with E-state index in [0.29, 0.717) is 61.4 Å². The van der Waals surface area contributed by atoms with Crippen molar-refractivity contribution in [3.8, 4) is 23.0 Å². The largest absolute Gasteiger partial charge is 0.497 e. The number of aromatic nitrogens is 4. The second-order valence-electron chi connectivity index (χ2n) is 22.3. The summed E-state index contributed by atoms with van der Waals surface area (Å²) >= 11 is 0. The van der Waals surface area contributed by atoms with Gasteiger partial charge in [0.15, 0.2) is 0 Å². The molecule has 2 fully saturated rings. The molecule has 0 unspecified atom stereocenters. The molecule has 0 radical (unpaired) electrons. The van der Waals surface area contributed by atoms with Crippen molar-refractivity contribution in [1.82, 2.24) is 28.9 Å². The number of methoxy groups -OCH3 is 4. The summed E-state index contributed by atoms with van der Waals surface area (Å²) in [6.45, 7) is 7.84. The average Bonchev–Trinajstić information content (AvgIpc) is 1.65. The van der Waals surface area contributed by atoms with E-state index >= 15 is 0 Å². The van der Waals surface area contributed by atoms with E-state index in [-0.39, 0.29) is 11.6 Å². The maximum Gasteiger partial charge on any atom is 0.328 e. The maximum absolute atomic E-state index is 13.5. The van der Waals surface area contributed by atoms with Gasteiger partial charge in [0.25, 0.3) is 0 Å². The second-order valence-corrected chi connectivity index (χ2v) is 22.3. The van der Waals surface area contributed by atoms with Gasteiger partial charge in [-0.2, -0.15) is 0 Å². The molecular formula is C72H80F2N6O16. The van der Waals surface area contributed by atoms with Crippen LogP contribution in [0, 0.1) is 23.5 Å². The van der Waals surface area contributed by atoms with E-state index in [2.05, 4.69) is 55.3 Å². The van der Waals surface area contributed by atoms with Gasteiger partial charge in [0.1, 0.15) is 46.3 Å². The summed E-state index contributed by atoms with van der Waals surface area (Å²) in [6, 6.07) is 42.2. The quantitative estimate of drug-likeness (QED) is 0.0306. The van der Waals surface area contributed by atoms with Crippen molar-refractivity contribution >= 4 is 57.9 Å². The Morgan fingerprint density at radius 2 is 0.750 bits per heavy atom. The molecule has 24 heteroatoms. The molecule has 4 heterocycles. The molecule has 6 N–H and O–H groups in total. The lowest BCUT2D eigenvalue weighted by Gasteiger charge is -2.32. The van der Waals surface area contributed by atoms with Gasteiger partial charge in [0, 0.05) is 87.6 Å². The van der Waals surface area contributed by atoms with Crippen LogP contribution in [0.4, 0.5) is 8.78 Å². The lowest BCUT2D eigenvalue weighted by Crippen LogP contribution is -2.36. The summed E-state index contributed by atoms with van der Waals surface area (Å²) in [6.07, 6.45) is 11.9. The number of rotatable bonds is 24. The Balaban J connectivity index is 0.000000227. The monoisotopic (exact) mass is 1320 g/mol. The smallest absolute Gasteiger partial charge is 0.328 e. The van der Waals surface area contributed by atoms with Crippen LogP contribution in [0.1, 0.15) is 59.6 Å². The minimum atomic E-state index is -1.26. The van der Waals surface area contributed by atoms with Crippen LogP contribution in [0.2, 0.25) is 0 Å². The molecule has 0 bridgehead atoms. The number of hydrogen-bond acceptors (Lipinski definition) is 14. The van der Waals surface area contributed by atoms with Crippen LogP contribution in [0.3, 0.4) is 0 Å². The molecule has 8 aromatic rings. The van der Waals surface area contributed by atoms with E-state index in [4.69, 9.17) is 59.6 Å². The lowest BCUT2D eigenvalue weighted by atomic mass is 9.93. The van der Waals surface area contributed by atoms with Crippen LogP contribution in [-0.2, 0) is 67.5 Å². The molecule has 6 aromatic carbocycles. The SMILES string of the molecule is COc1ccc2nc(CC3CCN(CCc4ccccc4OC)CC3)n(Cc3ccc(F)cc3)c2c1.COc1ccc2nc(CC3CCN(CCc4ccccc4OC)CC3)n(Cc3ccc(F)cc3)c2c1.O=C(O)C=CC(=O)O.O=C(O)C=CC(=O)O.O=C(O)C=CC(=O)O. The number of fused-ring (bicyclic) bond motifs is 2. The van der Waals surface area contributed by atoms with Crippen LogP contribution in [0.25, 0.3) is 22.1 Å². The molecule has 2 aliphatic heterocycles. The first-order valence-corrected chi connectivity index (χ1v) is 30.8. The molecule has 0 spiro atoms. The molecule has 0 saturated carbocycles. The number of carboxylic acid groups (broad SMARTS) is 6. The Bertz CT molecular complexity index is 3610. The summed E-state index contributed by atoms with van der Waals surface area (Å²) in [4.78, 5) is 72.5. The summed E-state index contributed by atoms with van der Waals surface area (Å²) < 4.78 is 53.5. The first-order valence-electron chi connectivity index (χ1n) is 30.8. The standard InChI is InChI=1S/2C30H34FN3O2.3C4H4O4/c2*1-35-26-11-12-27-28(20-26)34(21-23-7-9-25(31)10-8-23)30(32-27)19-22-13-16-33(17-14-22)18-15-24-5-3-4-6-29(24)36-2;3*5-3(6)1-2-4(7)8/h2*3-12,20,22H,13-19,21H2,1-2H3;3*1-2H,(H,5,6)(H,7,8). The van der Waals surface area contributed by atoms with Gasteiger partial charge < -0.3 is 68.5 Å². The zero-order chi connectivity index (χ0) is 69.5. The molecule has 0 amide bonds. The fourth-order valence-corrected chi connectivity index (χ4v) is 10.9. The average molecular weight is 1320 g/mol. The molecule has 22 nitrogen and oxygen atoms in total. The van der Waals surface area contributed by atoms with Crippen molar-refractivity contribution in [2.45, 2.75) is 64.5 Å². The Morgan fingerprint density at radius 1 is 0.438 bits per heavy atom. The number of benzene rings is 6. The maximum atomic E-state index is 13.5. The minimum absolute atomic E-state index is 0.214. The molecule has 0 aliphatic carbocycles. The van der Waals surface area contributed by atoms with Gasteiger partial charge in [0.2, 0.25) is 0 Å². The number of hydrogen-bond donors (Lipinski definition) is 6. The van der Waals surface area contributed by atoms with Crippen LogP contribution in [-0.4, -0.2) is 163 Å². The molecular weight excluding hydrogens is 1240 g/mol. The third kappa shape index (κ3) is 25.0. The number of carbonyl (C=O) groups is 6. The summed E-state index contributed by atoms with van der Waals surface area (Å²) in [5.74, 6) is -1.01. The van der Waals surface area contributed by atoms with E-state index in [9.17, 15) is 37.5 Å². The fourth-order valence-electron chi connectivity index (χ4n) is 10.9. The Morgan fingerprint density at radius 3 is 1.04 bits per heavy atom. The first-order chi connectivity index (χ1) is 46.1.